The average Bonchev–Trinajstić information content (AvgIpc) is 2.70. The van der Waals surface area contributed by atoms with Crippen molar-refractivity contribution in [2.24, 2.45) is 0 Å². The van der Waals surface area contributed by atoms with Gasteiger partial charge in [-0.25, -0.2) is 0 Å². The Kier molecular flexibility index (Phi) is 14.7. The number of alkyl halides is 3. The SMILES string of the molecule is CCCCCCCCCCCCCCC(=O)N[C@H](Nc1cc(C)ccc1C)C(Cl)(Cl)Cl. The highest BCUT2D eigenvalue weighted by atomic mass is 35.6. The minimum Gasteiger partial charge on any atom is -0.362 e. The van der Waals surface area contributed by atoms with Crippen molar-refractivity contribution in [3.63, 3.8) is 0 Å². The van der Waals surface area contributed by atoms with Gasteiger partial charge in [0.05, 0.1) is 0 Å². The van der Waals surface area contributed by atoms with Crippen molar-refractivity contribution in [3.05, 3.63) is 29.3 Å². The fourth-order valence-corrected chi connectivity index (χ4v) is 3.93. The van der Waals surface area contributed by atoms with Gasteiger partial charge in [-0.05, 0) is 37.5 Å². The monoisotopic (exact) mass is 490 g/mol. The van der Waals surface area contributed by atoms with Crippen LogP contribution in [0.1, 0.15) is 102 Å². The predicted octanol–water partition coefficient (Wildman–Crippen LogP) is 8.62. The quantitative estimate of drug-likeness (QED) is 0.138. The fourth-order valence-electron chi connectivity index (χ4n) is 3.61. The Bertz CT molecular complexity index is 632. The van der Waals surface area contributed by atoms with E-state index in [9.17, 15) is 4.79 Å². The van der Waals surface area contributed by atoms with Crippen molar-refractivity contribution in [1.29, 1.82) is 0 Å². The van der Waals surface area contributed by atoms with Crippen LogP contribution in [0.2, 0.25) is 0 Å². The lowest BCUT2D eigenvalue weighted by Crippen LogP contribution is -2.49. The van der Waals surface area contributed by atoms with Gasteiger partial charge in [-0.2, -0.15) is 0 Å². The molecule has 1 rings (SSSR count). The molecule has 6 heteroatoms. The van der Waals surface area contributed by atoms with E-state index in [1.54, 1.807) is 0 Å². The van der Waals surface area contributed by atoms with Gasteiger partial charge in [0.1, 0.15) is 6.17 Å². The summed E-state index contributed by atoms with van der Waals surface area (Å²) in [6.07, 6.45) is 14.8. The molecule has 31 heavy (non-hydrogen) atoms. The van der Waals surface area contributed by atoms with Crippen LogP contribution in [0.4, 0.5) is 5.69 Å². The van der Waals surface area contributed by atoms with Crippen LogP contribution >= 0.6 is 34.8 Å². The summed E-state index contributed by atoms with van der Waals surface area (Å²) in [5.41, 5.74) is 2.97. The second-order valence-electron chi connectivity index (χ2n) is 8.64. The zero-order chi connectivity index (χ0) is 23.1. The molecule has 0 saturated carbocycles. The highest BCUT2D eigenvalue weighted by Gasteiger charge is 2.34. The number of aryl methyl sites for hydroxylation is 2. The molecule has 0 unspecified atom stereocenters. The zero-order valence-corrected chi connectivity index (χ0v) is 21.8. The van der Waals surface area contributed by atoms with Crippen LogP contribution in [0.15, 0.2) is 18.2 Å². The molecule has 0 spiro atoms. The predicted molar refractivity (Wildman–Crippen MR) is 137 cm³/mol. The van der Waals surface area contributed by atoms with E-state index in [1.807, 2.05) is 32.0 Å². The van der Waals surface area contributed by atoms with E-state index >= 15 is 0 Å². The maximum atomic E-state index is 12.4. The van der Waals surface area contributed by atoms with Gasteiger partial charge in [-0.1, -0.05) is 124 Å². The first-order chi connectivity index (χ1) is 14.7. The highest BCUT2D eigenvalue weighted by Crippen LogP contribution is 2.32. The zero-order valence-electron chi connectivity index (χ0n) is 19.5. The molecule has 3 nitrogen and oxygen atoms in total. The second kappa shape index (κ2) is 16.0. The normalized spacial score (nSPS) is 12.6. The van der Waals surface area contributed by atoms with E-state index < -0.39 is 9.96 Å². The number of hydrogen-bond donors (Lipinski definition) is 2. The number of halogens is 3. The first-order valence-electron chi connectivity index (χ1n) is 11.9. The summed E-state index contributed by atoms with van der Waals surface area (Å²) in [5, 5.41) is 6.02. The lowest BCUT2D eigenvalue weighted by molar-refractivity contribution is -0.121. The molecule has 1 aromatic rings. The van der Waals surface area contributed by atoms with Crippen molar-refractivity contribution < 1.29 is 4.79 Å². The minimum absolute atomic E-state index is 0.0961. The molecule has 0 heterocycles. The average molecular weight is 492 g/mol. The van der Waals surface area contributed by atoms with Crippen molar-refractivity contribution in [3.8, 4) is 0 Å². The molecule has 0 fully saturated rings. The number of carbonyl (C=O) groups excluding carboxylic acids is 1. The number of benzene rings is 1. The number of unbranched alkanes of at least 4 members (excludes halogenated alkanes) is 11. The third-order valence-corrected chi connectivity index (χ3v) is 6.24. The van der Waals surface area contributed by atoms with Crippen LogP contribution in [0, 0.1) is 13.8 Å². The summed E-state index contributed by atoms with van der Waals surface area (Å²) in [7, 11) is 0. The summed E-state index contributed by atoms with van der Waals surface area (Å²) < 4.78 is -1.65. The van der Waals surface area contributed by atoms with Crippen LogP contribution < -0.4 is 10.6 Å². The Morgan fingerprint density at radius 1 is 0.871 bits per heavy atom. The molecular weight excluding hydrogens is 451 g/mol. The number of carbonyl (C=O) groups is 1. The molecule has 178 valence electrons. The van der Waals surface area contributed by atoms with Gasteiger partial charge >= 0.3 is 0 Å². The largest absolute Gasteiger partial charge is 0.362 e. The molecule has 0 radical (unpaired) electrons. The summed E-state index contributed by atoms with van der Waals surface area (Å²) >= 11 is 18.4. The van der Waals surface area contributed by atoms with Gasteiger partial charge < -0.3 is 10.6 Å². The Morgan fingerprint density at radius 3 is 1.90 bits per heavy atom. The van der Waals surface area contributed by atoms with E-state index in [2.05, 4.69) is 17.6 Å². The molecule has 0 aliphatic carbocycles. The van der Waals surface area contributed by atoms with Gasteiger partial charge in [0.15, 0.2) is 0 Å². The lowest BCUT2D eigenvalue weighted by atomic mass is 10.0. The van der Waals surface area contributed by atoms with Gasteiger partial charge in [-0.15, -0.1) is 0 Å². The topological polar surface area (TPSA) is 41.1 Å². The van der Waals surface area contributed by atoms with Crippen LogP contribution in [0.3, 0.4) is 0 Å². The van der Waals surface area contributed by atoms with Crippen LogP contribution in [-0.2, 0) is 4.79 Å². The molecule has 0 aromatic heterocycles. The smallest absolute Gasteiger partial charge is 0.228 e. The second-order valence-corrected chi connectivity index (χ2v) is 11.0. The highest BCUT2D eigenvalue weighted by molar-refractivity contribution is 6.68. The molecule has 0 bridgehead atoms. The molecule has 1 atom stereocenters. The maximum Gasteiger partial charge on any atom is 0.228 e. The number of hydrogen-bond acceptors (Lipinski definition) is 2. The van der Waals surface area contributed by atoms with Gasteiger partial charge in [-0.3, -0.25) is 4.79 Å². The Balaban J connectivity index is 2.23. The Labute approximate surface area is 205 Å². The first kappa shape index (κ1) is 28.4. The molecule has 1 aromatic carbocycles. The van der Waals surface area contributed by atoms with E-state index in [4.69, 9.17) is 34.8 Å². The summed E-state index contributed by atoms with van der Waals surface area (Å²) in [6.45, 7) is 6.23. The summed E-state index contributed by atoms with van der Waals surface area (Å²) in [6, 6.07) is 6.01. The summed E-state index contributed by atoms with van der Waals surface area (Å²) in [4.78, 5) is 12.4. The van der Waals surface area contributed by atoms with E-state index in [1.165, 1.54) is 64.2 Å². The van der Waals surface area contributed by atoms with E-state index in [0.29, 0.717) is 6.42 Å². The van der Waals surface area contributed by atoms with Crippen LogP contribution in [0.5, 0.6) is 0 Å². The first-order valence-corrected chi connectivity index (χ1v) is 13.1. The minimum atomic E-state index is -1.65. The van der Waals surface area contributed by atoms with Crippen molar-refractivity contribution in [1.82, 2.24) is 5.32 Å². The molecule has 0 aliphatic heterocycles. The van der Waals surface area contributed by atoms with Crippen molar-refractivity contribution in [2.75, 3.05) is 5.32 Å². The maximum absolute atomic E-state index is 12.4. The lowest BCUT2D eigenvalue weighted by Gasteiger charge is -2.28. The number of nitrogens with one attached hydrogen (secondary N) is 2. The molecule has 0 aliphatic rings. The molecule has 0 saturated heterocycles. The van der Waals surface area contributed by atoms with Crippen molar-refractivity contribution in [2.45, 2.75) is 114 Å². The number of amides is 1. The van der Waals surface area contributed by atoms with Gasteiger partial charge in [0, 0.05) is 12.1 Å². The third-order valence-electron chi connectivity index (χ3n) is 5.58. The number of rotatable bonds is 16. The third kappa shape index (κ3) is 13.5. The Hall–Kier alpha value is -0.640. The molecule has 2 N–H and O–H groups in total. The van der Waals surface area contributed by atoms with E-state index in [-0.39, 0.29) is 5.91 Å². The standard InChI is InChI=1S/C25H41Cl3N2O/c1-4-5-6-7-8-9-10-11-12-13-14-15-16-23(31)30-24(25(26,27)28)29-22-19-20(2)17-18-21(22)3/h17-19,24,29H,4-16H2,1-3H3,(H,30,31)/t24-/m0/s1. The van der Waals surface area contributed by atoms with Crippen LogP contribution in [-0.4, -0.2) is 15.9 Å². The summed E-state index contributed by atoms with van der Waals surface area (Å²) in [5.74, 6) is -0.0961. The fraction of sp³-hybridized carbons (Fsp3) is 0.720. The van der Waals surface area contributed by atoms with Crippen LogP contribution in [0.25, 0.3) is 0 Å². The van der Waals surface area contributed by atoms with Gasteiger partial charge in [0.2, 0.25) is 9.70 Å². The molecule has 1 amide bonds. The number of anilines is 1. The molecular formula is C25H41Cl3N2O. The Morgan fingerprint density at radius 2 is 1.39 bits per heavy atom. The van der Waals surface area contributed by atoms with Crippen molar-refractivity contribution >= 4 is 46.4 Å². The van der Waals surface area contributed by atoms with Gasteiger partial charge in [0.25, 0.3) is 0 Å². The van der Waals surface area contributed by atoms with E-state index in [0.717, 1.165) is 29.7 Å².